The summed E-state index contributed by atoms with van der Waals surface area (Å²) in [4.78, 5) is 4.07. The number of methoxy groups -OCH3 is 1. The van der Waals surface area contributed by atoms with Gasteiger partial charge in [0.1, 0.15) is 11.5 Å². The van der Waals surface area contributed by atoms with Gasteiger partial charge in [-0.3, -0.25) is 4.98 Å². The summed E-state index contributed by atoms with van der Waals surface area (Å²) in [5.74, 6) is 0.787. The van der Waals surface area contributed by atoms with Crippen molar-refractivity contribution in [1.29, 1.82) is 0 Å². The van der Waals surface area contributed by atoms with Crippen LogP contribution in [-0.2, 0) is 11.3 Å². The number of hydrogen-bond donors (Lipinski definition) is 0. The molecule has 0 aliphatic rings. The van der Waals surface area contributed by atoms with E-state index in [4.69, 9.17) is 9.26 Å². The van der Waals surface area contributed by atoms with Crippen molar-refractivity contribution in [1.82, 2.24) is 10.1 Å². The second kappa shape index (κ2) is 4.23. The average Bonchev–Trinajstić information content (AvgIpc) is 2.62. The average molecular weight is 204 g/mol. The molecule has 0 radical (unpaired) electrons. The van der Waals surface area contributed by atoms with Gasteiger partial charge in [0.15, 0.2) is 0 Å². The van der Waals surface area contributed by atoms with E-state index in [1.165, 1.54) is 0 Å². The Hall–Kier alpha value is -1.68. The number of hydrogen-bond acceptors (Lipinski definition) is 4. The predicted molar refractivity (Wildman–Crippen MR) is 55.2 cm³/mol. The van der Waals surface area contributed by atoms with Crippen molar-refractivity contribution in [2.75, 3.05) is 7.11 Å². The topological polar surface area (TPSA) is 48.2 Å². The van der Waals surface area contributed by atoms with E-state index in [2.05, 4.69) is 10.1 Å². The number of pyridine rings is 1. The standard InChI is InChI=1S/C11H12N2O2/c1-8-11(9-4-3-5-12-6-9)10(7-14-2)13-15-8/h3-6H,7H2,1-2H3. The lowest BCUT2D eigenvalue weighted by molar-refractivity contribution is 0.177. The maximum absolute atomic E-state index is 5.14. The minimum atomic E-state index is 0.446. The molecule has 0 spiro atoms. The smallest absolute Gasteiger partial charge is 0.141 e. The molecule has 4 heteroatoms. The minimum absolute atomic E-state index is 0.446. The SMILES string of the molecule is COCc1noc(C)c1-c1cccnc1. The van der Waals surface area contributed by atoms with E-state index in [9.17, 15) is 0 Å². The van der Waals surface area contributed by atoms with Gasteiger partial charge >= 0.3 is 0 Å². The first kappa shape index (κ1) is 9.86. The molecule has 0 N–H and O–H groups in total. The van der Waals surface area contributed by atoms with Crippen molar-refractivity contribution in [3.05, 3.63) is 36.0 Å². The summed E-state index contributed by atoms with van der Waals surface area (Å²) in [6.07, 6.45) is 3.53. The van der Waals surface area contributed by atoms with Crippen LogP contribution in [0.3, 0.4) is 0 Å². The van der Waals surface area contributed by atoms with Gasteiger partial charge in [0, 0.05) is 25.1 Å². The Morgan fingerprint density at radius 2 is 2.33 bits per heavy atom. The van der Waals surface area contributed by atoms with Crippen molar-refractivity contribution in [2.45, 2.75) is 13.5 Å². The van der Waals surface area contributed by atoms with E-state index in [0.29, 0.717) is 6.61 Å². The molecule has 0 unspecified atom stereocenters. The van der Waals surface area contributed by atoms with Gasteiger partial charge in [-0.05, 0) is 13.0 Å². The number of nitrogens with zero attached hydrogens (tertiary/aromatic N) is 2. The Bertz CT molecular complexity index is 437. The van der Waals surface area contributed by atoms with Crippen LogP contribution in [0.5, 0.6) is 0 Å². The summed E-state index contributed by atoms with van der Waals surface area (Å²) in [7, 11) is 1.64. The summed E-state index contributed by atoms with van der Waals surface area (Å²) in [6.45, 7) is 2.33. The lowest BCUT2D eigenvalue weighted by Gasteiger charge is -2.00. The molecule has 0 saturated heterocycles. The number of rotatable bonds is 3. The van der Waals surface area contributed by atoms with Gasteiger partial charge in [0.25, 0.3) is 0 Å². The highest BCUT2D eigenvalue weighted by molar-refractivity contribution is 5.66. The lowest BCUT2D eigenvalue weighted by Crippen LogP contribution is -1.91. The van der Waals surface area contributed by atoms with Gasteiger partial charge in [-0.15, -0.1) is 0 Å². The van der Waals surface area contributed by atoms with E-state index in [-0.39, 0.29) is 0 Å². The zero-order valence-electron chi connectivity index (χ0n) is 8.73. The summed E-state index contributed by atoms with van der Waals surface area (Å²) in [6, 6.07) is 3.87. The first-order valence-corrected chi connectivity index (χ1v) is 4.67. The monoisotopic (exact) mass is 204 g/mol. The molecule has 0 aromatic carbocycles. The van der Waals surface area contributed by atoms with Gasteiger partial charge in [0.05, 0.1) is 12.2 Å². The first-order chi connectivity index (χ1) is 7.33. The lowest BCUT2D eigenvalue weighted by atomic mass is 10.1. The highest BCUT2D eigenvalue weighted by Gasteiger charge is 2.14. The largest absolute Gasteiger partial charge is 0.378 e. The fourth-order valence-electron chi connectivity index (χ4n) is 1.53. The van der Waals surface area contributed by atoms with Gasteiger partial charge in [-0.25, -0.2) is 0 Å². The van der Waals surface area contributed by atoms with Gasteiger partial charge in [-0.2, -0.15) is 0 Å². The van der Waals surface area contributed by atoms with E-state index in [0.717, 1.165) is 22.6 Å². The fraction of sp³-hybridized carbons (Fsp3) is 0.273. The Kier molecular flexibility index (Phi) is 2.78. The van der Waals surface area contributed by atoms with Crippen molar-refractivity contribution < 1.29 is 9.26 Å². The first-order valence-electron chi connectivity index (χ1n) is 4.67. The van der Waals surface area contributed by atoms with Crippen LogP contribution in [-0.4, -0.2) is 17.3 Å². The molecule has 2 aromatic rings. The molecular formula is C11H12N2O2. The summed E-state index contributed by atoms with van der Waals surface area (Å²) in [5.41, 5.74) is 2.79. The molecule has 0 atom stereocenters. The third kappa shape index (κ3) is 1.89. The van der Waals surface area contributed by atoms with Crippen molar-refractivity contribution in [2.24, 2.45) is 0 Å². The quantitative estimate of drug-likeness (QED) is 0.768. The maximum atomic E-state index is 5.14. The van der Waals surface area contributed by atoms with Crippen LogP contribution >= 0.6 is 0 Å². The summed E-state index contributed by atoms with van der Waals surface area (Å²) >= 11 is 0. The molecule has 0 aliphatic carbocycles. The van der Waals surface area contributed by atoms with Crippen LogP contribution in [0.2, 0.25) is 0 Å². The fourth-order valence-corrected chi connectivity index (χ4v) is 1.53. The van der Waals surface area contributed by atoms with Gasteiger partial charge < -0.3 is 9.26 Å². The maximum Gasteiger partial charge on any atom is 0.141 e. The summed E-state index contributed by atoms with van der Waals surface area (Å²) < 4.78 is 10.2. The van der Waals surface area contributed by atoms with Crippen LogP contribution in [0.4, 0.5) is 0 Å². The van der Waals surface area contributed by atoms with E-state index in [1.54, 1.807) is 19.5 Å². The van der Waals surface area contributed by atoms with Crippen molar-refractivity contribution >= 4 is 0 Å². The van der Waals surface area contributed by atoms with Crippen molar-refractivity contribution in [3.63, 3.8) is 0 Å². The highest BCUT2D eigenvalue weighted by Crippen LogP contribution is 2.26. The molecule has 0 saturated carbocycles. The van der Waals surface area contributed by atoms with Crippen LogP contribution in [0.25, 0.3) is 11.1 Å². The van der Waals surface area contributed by atoms with Crippen LogP contribution < -0.4 is 0 Å². The Morgan fingerprint density at radius 3 is 3.00 bits per heavy atom. The molecule has 2 aromatic heterocycles. The molecule has 15 heavy (non-hydrogen) atoms. The van der Waals surface area contributed by atoms with Crippen LogP contribution in [0.15, 0.2) is 29.0 Å². The molecule has 0 aliphatic heterocycles. The molecule has 0 fully saturated rings. The molecule has 4 nitrogen and oxygen atoms in total. The highest BCUT2D eigenvalue weighted by atomic mass is 16.5. The van der Waals surface area contributed by atoms with Gasteiger partial charge in [0.2, 0.25) is 0 Å². The van der Waals surface area contributed by atoms with E-state index < -0.39 is 0 Å². The number of aromatic nitrogens is 2. The second-order valence-corrected chi connectivity index (χ2v) is 3.24. The molecule has 2 rings (SSSR count). The molecule has 0 amide bonds. The zero-order chi connectivity index (χ0) is 10.7. The zero-order valence-corrected chi connectivity index (χ0v) is 8.73. The van der Waals surface area contributed by atoms with E-state index >= 15 is 0 Å². The number of ether oxygens (including phenoxy) is 1. The predicted octanol–water partition coefficient (Wildman–Crippen LogP) is 2.19. The molecule has 0 bridgehead atoms. The Labute approximate surface area is 87.9 Å². The van der Waals surface area contributed by atoms with Crippen LogP contribution in [0.1, 0.15) is 11.5 Å². The number of aryl methyl sites for hydroxylation is 1. The van der Waals surface area contributed by atoms with Crippen molar-refractivity contribution in [3.8, 4) is 11.1 Å². The van der Waals surface area contributed by atoms with E-state index in [1.807, 2.05) is 19.1 Å². The summed E-state index contributed by atoms with van der Waals surface area (Å²) in [5, 5.41) is 3.95. The Balaban J connectivity index is 2.47. The minimum Gasteiger partial charge on any atom is -0.378 e. The second-order valence-electron chi connectivity index (χ2n) is 3.24. The third-order valence-corrected chi connectivity index (χ3v) is 2.16. The molecule has 78 valence electrons. The molecular weight excluding hydrogens is 192 g/mol. The Morgan fingerprint density at radius 1 is 1.47 bits per heavy atom. The third-order valence-electron chi connectivity index (χ3n) is 2.16. The van der Waals surface area contributed by atoms with Gasteiger partial charge in [-0.1, -0.05) is 11.2 Å². The normalized spacial score (nSPS) is 10.5. The van der Waals surface area contributed by atoms with Crippen LogP contribution in [0, 0.1) is 6.92 Å². The molecule has 2 heterocycles.